The fourth-order valence-corrected chi connectivity index (χ4v) is 1.83. The first-order chi connectivity index (χ1) is 8.31. The van der Waals surface area contributed by atoms with E-state index in [1.165, 1.54) is 0 Å². The molecule has 0 bridgehead atoms. The lowest BCUT2D eigenvalue weighted by molar-refractivity contribution is 0.398. The van der Waals surface area contributed by atoms with Crippen molar-refractivity contribution in [2.45, 2.75) is 25.9 Å². The lowest BCUT2D eigenvalue weighted by Gasteiger charge is -2.15. The molecule has 2 aromatic rings. The van der Waals surface area contributed by atoms with Crippen molar-refractivity contribution in [3.8, 4) is 5.75 Å². The molecule has 0 aliphatic carbocycles. The smallest absolute Gasteiger partial charge is 0.120 e. The van der Waals surface area contributed by atoms with Gasteiger partial charge in [-0.15, -0.1) is 0 Å². The Morgan fingerprint density at radius 3 is 2.71 bits per heavy atom. The molecule has 3 nitrogen and oxygen atoms in total. The highest BCUT2D eigenvalue weighted by Gasteiger charge is 2.11. The van der Waals surface area contributed by atoms with Crippen LogP contribution in [0.1, 0.15) is 30.7 Å². The maximum atomic E-state index is 9.66. The van der Waals surface area contributed by atoms with Crippen LogP contribution in [0.25, 0.3) is 0 Å². The summed E-state index contributed by atoms with van der Waals surface area (Å²) in [6.07, 6.45) is 2.63. The van der Waals surface area contributed by atoms with E-state index >= 15 is 0 Å². The summed E-state index contributed by atoms with van der Waals surface area (Å²) < 4.78 is 5.38. The van der Waals surface area contributed by atoms with Gasteiger partial charge in [-0.1, -0.05) is 25.1 Å². The molecular formula is C14H17NO2. The van der Waals surface area contributed by atoms with Gasteiger partial charge >= 0.3 is 0 Å². The fourth-order valence-electron chi connectivity index (χ4n) is 1.83. The predicted octanol–water partition coefficient (Wildman–Crippen LogP) is 3.23. The number of nitrogens with one attached hydrogen (secondary N) is 1. The van der Waals surface area contributed by atoms with E-state index in [2.05, 4.69) is 12.2 Å². The monoisotopic (exact) mass is 231 g/mol. The fraction of sp³-hybridized carbons (Fsp3) is 0.286. The Balaban J connectivity index is 2.00. The van der Waals surface area contributed by atoms with E-state index in [1.54, 1.807) is 12.3 Å². The standard InChI is InChI=1S/C14H17NO2/c1-2-12(14-8-5-9-17-14)15-10-11-6-3-4-7-13(11)16/h3-9,12,15-16H,2,10H2,1H3. The molecule has 2 rings (SSSR count). The highest BCUT2D eigenvalue weighted by Crippen LogP contribution is 2.20. The van der Waals surface area contributed by atoms with Crippen LogP contribution in [-0.2, 0) is 6.54 Å². The zero-order chi connectivity index (χ0) is 12.1. The van der Waals surface area contributed by atoms with E-state index < -0.39 is 0 Å². The van der Waals surface area contributed by atoms with Crippen molar-refractivity contribution in [1.29, 1.82) is 0 Å². The number of hydrogen-bond donors (Lipinski definition) is 2. The minimum atomic E-state index is 0.185. The molecule has 0 aliphatic heterocycles. The van der Waals surface area contributed by atoms with Gasteiger partial charge in [0.1, 0.15) is 11.5 Å². The minimum Gasteiger partial charge on any atom is -0.508 e. The number of phenolic OH excluding ortho intramolecular Hbond substituents is 1. The van der Waals surface area contributed by atoms with Crippen LogP contribution < -0.4 is 5.32 Å². The number of hydrogen-bond acceptors (Lipinski definition) is 3. The molecule has 0 fully saturated rings. The van der Waals surface area contributed by atoms with E-state index in [9.17, 15) is 5.11 Å². The molecule has 2 N–H and O–H groups in total. The van der Waals surface area contributed by atoms with Crippen LogP contribution in [-0.4, -0.2) is 5.11 Å². The number of phenols is 1. The zero-order valence-corrected chi connectivity index (χ0v) is 9.89. The van der Waals surface area contributed by atoms with Crippen LogP contribution >= 0.6 is 0 Å². The van der Waals surface area contributed by atoms with Gasteiger partial charge in [-0.2, -0.15) is 0 Å². The molecule has 0 radical (unpaired) electrons. The Labute approximate surface area is 101 Å². The van der Waals surface area contributed by atoms with Crippen molar-refractivity contribution in [3.63, 3.8) is 0 Å². The third-order valence-corrected chi connectivity index (χ3v) is 2.83. The van der Waals surface area contributed by atoms with Gasteiger partial charge < -0.3 is 14.8 Å². The molecule has 0 spiro atoms. The maximum Gasteiger partial charge on any atom is 0.120 e. The third kappa shape index (κ3) is 2.88. The molecule has 0 aliphatic rings. The average Bonchev–Trinajstić information content (AvgIpc) is 2.86. The van der Waals surface area contributed by atoms with Crippen LogP contribution in [0.3, 0.4) is 0 Å². The molecule has 90 valence electrons. The number of aromatic hydroxyl groups is 1. The van der Waals surface area contributed by atoms with Gasteiger partial charge in [0.15, 0.2) is 0 Å². The van der Waals surface area contributed by atoms with Gasteiger partial charge in [-0.3, -0.25) is 0 Å². The second kappa shape index (κ2) is 5.55. The molecule has 0 amide bonds. The van der Waals surface area contributed by atoms with E-state index in [0.29, 0.717) is 12.3 Å². The summed E-state index contributed by atoms with van der Waals surface area (Å²) >= 11 is 0. The zero-order valence-electron chi connectivity index (χ0n) is 9.89. The van der Waals surface area contributed by atoms with Crippen molar-refractivity contribution >= 4 is 0 Å². The van der Waals surface area contributed by atoms with Gasteiger partial charge in [-0.25, -0.2) is 0 Å². The quantitative estimate of drug-likeness (QED) is 0.830. The van der Waals surface area contributed by atoms with Crippen molar-refractivity contribution in [2.24, 2.45) is 0 Å². The van der Waals surface area contributed by atoms with E-state index in [1.807, 2.05) is 30.3 Å². The first-order valence-corrected chi connectivity index (χ1v) is 5.85. The van der Waals surface area contributed by atoms with Crippen molar-refractivity contribution in [3.05, 3.63) is 54.0 Å². The molecule has 0 saturated carbocycles. The van der Waals surface area contributed by atoms with Gasteiger partial charge in [0.05, 0.1) is 12.3 Å². The van der Waals surface area contributed by atoms with Crippen molar-refractivity contribution in [1.82, 2.24) is 5.32 Å². The normalized spacial score (nSPS) is 12.5. The summed E-state index contributed by atoms with van der Waals surface area (Å²) in [7, 11) is 0. The Bertz CT molecular complexity index is 451. The molecule has 0 saturated heterocycles. The number of para-hydroxylation sites is 1. The summed E-state index contributed by atoms with van der Waals surface area (Å²) in [5.41, 5.74) is 0.900. The number of furan rings is 1. The highest BCUT2D eigenvalue weighted by molar-refractivity contribution is 5.31. The van der Waals surface area contributed by atoms with Crippen molar-refractivity contribution < 1.29 is 9.52 Å². The van der Waals surface area contributed by atoms with Gasteiger partial charge in [-0.05, 0) is 24.6 Å². The molecule has 1 unspecified atom stereocenters. The van der Waals surface area contributed by atoms with E-state index in [0.717, 1.165) is 17.7 Å². The minimum absolute atomic E-state index is 0.185. The second-order valence-electron chi connectivity index (χ2n) is 3.99. The molecular weight excluding hydrogens is 214 g/mol. The largest absolute Gasteiger partial charge is 0.508 e. The van der Waals surface area contributed by atoms with Crippen molar-refractivity contribution in [2.75, 3.05) is 0 Å². The molecule has 17 heavy (non-hydrogen) atoms. The summed E-state index contributed by atoms with van der Waals surface area (Å²) in [5.74, 6) is 1.26. The van der Waals surface area contributed by atoms with Crippen LogP contribution in [0.4, 0.5) is 0 Å². The molecule has 1 aromatic heterocycles. The highest BCUT2D eigenvalue weighted by atomic mass is 16.3. The number of rotatable bonds is 5. The third-order valence-electron chi connectivity index (χ3n) is 2.83. The van der Waals surface area contributed by atoms with Crippen LogP contribution in [0.5, 0.6) is 5.75 Å². The van der Waals surface area contributed by atoms with Gasteiger partial charge in [0, 0.05) is 12.1 Å². The molecule has 1 atom stereocenters. The predicted molar refractivity (Wildman–Crippen MR) is 66.7 cm³/mol. The average molecular weight is 231 g/mol. The van der Waals surface area contributed by atoms with Crippen LogP contribution in [0, 0.1) is 0 Å². The molecule has 3 heteroatoms. The maximum absolute atomic E-state index is 9.66. The summed E-state index contributed by atoms with van der Waals surface area (Å²) in [5, 5.41) is 13.0. The first-order valence-electron chi connectivity index (χ1n) is 5.85. The van der Waals surface area contributed by atoms with Gasteiger partial charge in [0.2, 0.25) is 0 Å². The lowest BCUT2D eigenvalue weighted by atomic mass is 10.1. The topological polar surface area (TPSA) is 45.4 Å². The lowest BCUT2D eigenvalue weighted by Crippen LogP contribution is -2.19. The summed E-state index contributed by atoms with van der Waals surface area (Å²) in [6.45, 7) is 2.73. The Kier molecular flexibility index (Phi) is 3.83. The Morgan fingerprint density at radius 2 is 2.06 bits per heavy atom. The van der Waals surface area contributed by atoms with Crippen LogP contribution in [0.2, 0.25) is 0 Å². The van der Waals surface area contributed by atoms with Crippen LogP contribution in [0.15, 0.2) is 47.1 Å². The number of benzene rings is 1. The molecule has 1 heterocycles. The molecule has 1 aromatic carbocycles. The SMILES string of the molecule is CCC(NCc1ccccc1O)c1ccco1. The Morgan fingerprint density at radius 1 is 1.24 bits per heavy atom. The first kappa shape index (κ1) is 11.7. The van der Waals surface area contributed by atoms with Gasteiger partial charge in [0.25, 0.3) is 0 Å². The Hall–Kier alpha value is -1.74. The van der Waals surface area contributed by atoms with E-state index in [4.69, 9.17) is 4.42 Å². The summed E-state index contributed by atoms with van der Waals surface area (Å²) in [4.78, 5) is 0. The summed E-state index contributed by atoms with van der Waals surface area (Å²) in [6, 6.07) is 11.4. The second-order valence-corrected chi connectivity index (χ2v) is 3.99. The van der Waals surface area contributed by atoms with E-state index in [-0.39, 0.29) is 6.04 Å².